The summed E-state index contributed by atoms with van der Waals surface area (Å²) >= 11 is 3.68. The lowest BCUT2D eigenvalue weighted by Crippen LogP contribution is -2.15. The molecule has 1 unspecified atom stereocenters. The Labute approximate surface area is 135 Å². The second-order valence-corrected chi connectivity index (χ2v) is 7.15. The smallest absolute Gasteiger partial charge is 0.126 e. The van der Waals surface area contributed by atoms with E-state index in [-0.39, 0.29) is 16.1 Å². The summed E-state index contributed by atoms with van der Waals surface area (Å²) in [5.74, 6) is -0.152. The van der Waals surface area contributed by atoms with Gasteiger partial charge in [-0.25, -0.2) is 4.39 Å². The fourth-order valence-electron chi connectivity index (χ4n) is 2.27. The van der Waals surface area contributed by atoms with Crippen molar-refractivity contribution in [3.63, 3.8) is 0 Å². The van der Waals surface area contributed by atoms with Crippen LogP contribution in [0.2, 0.25) is 0 Å². The highest BCUT2D eigenvalue weighted by molar-refractivity contribution is 9.09. The molecule has 112 valence electrons. The maximum atomic E-state index is 13.7. The number of alkyl halides is 1. The van der Waals surface area contributed by atoms with Crippen LogP contribution in [-0.2, 0) is 5.41 Å². The van der Waals surface area contributed by atoms with Gasteiger partial charge in [0.15, 0.2) is 0 Å². The summed E-state index contributed by atoms with van der Waals surface area (Å²) in [5, 5.41) is 0. The van der Waals surface area contributed by atoms with Crippen molar-refractivity contribution in [3.8, 4) is 0 Å². The summed E-state index contributed by atoms with van der Waals surface area (Å²) in [6, 6.07) is 14.0. The molecule has 2 rings (SSSR count). The van der Waals surface area contributed by atoms with Gasteiger partial charge < -0.3 is 0 Å². The maximum absolute atomic E-state index is 13.7. The number of rotatable bonds is 4. The molecule has 0 aliphatic heterocycles. The van der Waals surface area contributed by atoms with Crippen molar-refractivity contribution >= 4 is 15.9 Å². The Bertz CT molecular complexity index is 614. The molecule has 0 heterocycles. The zero-order chi connectivity index (χ0) is 15.6. The Morgan fingerprint density at radius 2 is 1.62 bits per heavy atom. The lowest BCUT2D eigenvalue weighted by atomic mass is 9.82. The molecular weight excluding hydrogens is 327 g/mol. The second-order valence-electron chi connectivity index (χ2n) is 6.23. The molecule has 2 aromatic carbocycles. The first-order valence-electron chi connectivity index (χ1n) is 7.35. The summed E-state index contributed by atoms with van der Waals surface area (Å²) < 4.78 is 13.7. The number of benzene rings is 2. The van der Waals surface area contributed by atoms with Crippen molar-refractivity contribution in [3.05, 3.63) is 70.5 Å². The van der Waals surface area contributed by atoms with Gasteiger partial charge in [0.1, 0.15) is 5.82 Å². The molecular formula is C19H22BrF. The third-order valence-corrected chi connectivity index (χ3v) is 5.41. The molecule has 0 nitrogen and oxygen atoms in total. The average Bonchev–Trinajstić information content (AvgIpc) is 2.49. The van der Waals surface area contributed by atoms with Crippen LogP contribution in [0.25, 0.3) is 0 Å². The standard InChI is InChI=1S/C19H22BrF/c1-5-19(3,4)16-10-8-14(9-11-16)18(20)15-7-6-13(2)17(21)12-15/h6-12,18H,5H2,1-4H3. The van der Waals surface area contributed by atoms with Gasteiger partial charge in [0.2, 0.25) is 0 Å². The number of hydrogen-bond acceptors (Lipinski definition) is 0. The Balaban J connectivity index is 2.27. The number of hydrogen-bond donors (Lipinski definition) is 0. The molecule has 0 aromatic heterocycles. The average molecular weight is 349 g/mol. The molecule has 0 aliphatic carbocycles. The second kappa shape index (κ2) is 6.31. The molecule has 0 N–H and O–H groups in total. The third-order valence-electron chi connectivity index (χ3n) is 4.36. The van der Waals surface area contributed by atoms with Crippen LogP contribution < -0.4 is 0 Å². The van der Waals surface area contributed by atoms with Crippen LogP contribution in [0.5, 0.6) is 0 Å². The Morgan fingerprint density at radius 3 is 2.14 bits per heavy atom. The molecule has 0 aliphatic rings. The number of aryl methyl sites for hydroxylation is 1. The fourth-order valence-corrected chi connectivity index (χ4v) is 2.86. The van der Waals surface area contributed by atoms with E-state index < -0.39 is 0 Å². The molecule has 0 saturated carbocycles. The molecule has 1 atom stereocenters. The maximum Gasteiger partial charge on any atom is 0.126 e. The van der Waals surface area contributed by atoms with Crippen molar-refractivity contribution in [2.24, 2.45) is 0 Å². The summed E-state index contributed by atoms with van der Waals surface area (Å²) in [4.78, 5) is 0.0198. The monoisotopic (exact) mass is 348 g/mol. The lowest BCUT2D eigenvalue weighted by molar-refractivity contribution is 0.506. The van der Waals surface area contributed by atoms with Crippen molar-refractivity contribution in [2.75, 3.05) is 0 Å². The fraction of sp³-hybridized carbons (Fsp3) is 0.368. The van der Waals surface area contributed by atoms with E-state index in [0.717, 1.165) is 17.5 Å². The van der Waals surface area contributed by atoms with Crippen LogP contribution in [0.4, 0.5) is 4.39 Å². The van der Waals surface area contributed by atoms with Crippen LogP contribution in [0.15, 0.2) is 42.5 Å². The molecule has 2 heteroatoms. The molecule has 0 amide bonds. The zero-order valence-corrected chi connectivity index (χ0v) is 14.7. The van der Waals surface area contributed by atoms with Gasteiger partial charge in [-0.1, -0.05) is 73.1 Å². The van der Waals surface area contributed by atoms with E-state index in [1.807, 2.05) is 12.1 Å². The molecule has 0 spiro atoms. The highest BCUT2D eigenvalue weighted by Crippen LogP contribution is 2.33. The summed E-state index contributed by atoms with van der Waals surface area (Å²) in [7, 11) is 0. The van der Waals surface area contributed by atoms with Crippen molar-refractivity contribution in [1.29, 1.82) is 0 Å². The van der Waals surface area contributed by atoms with E-state index in [2.05, 4.69) is 61.0 Å². The van der Waals surface area contributed by atoms with Crippen molar-refractivity contribution < 1.29 is 4.39 Å². The molecule has 0 radical (unpaired) electrons. The van der Waals surface area contributed by atoms with E-state index in [9.17, 15) is 4.39 Å². The first-order valence-corrected chi connectivity index (χ1v) is 8.27. The zero-order valence-electron chi connectivity index (χ0n) is 13.1. The number of halogens is 2. The van der Waals surface area contributed by atoms with Crippen LogP contribution in [0.3, 0.4) is 0 Å². The van der Waals surface area contributed by atoms with E-state index in [1.165, 1.54) is 5.56 Å². The third kappa shape index (κ3) is 3.55. The minimum Gasteiger partial charge on any atom is -0.207 e. The van der Waals surface area contributed by atoms with Gasteiger partial charge in [0, 0.05) is 0 Å². The topological polar surface area (TPSA) is 0 Å². The predicted octanol–water partition coefficient (Wildman–Crippen LogP) is 6.31. The SMILES string of the molecule is CCC(C)(C)c1ccc(C(Br)c2ccc(C)c(F)c2)cc1. The normalized spacial score (nSPS) is 13.2. The van der Waals surface area contributed by atoms with E-state index >= 15 is 0 Å². The Kier molecular flexibility index (Phi) is 4.88. The first-order chi connectivity index (χ1) is 9.85. The van der Waals surface area contributed by atoms with Gasteiger partial charge in [-0.15, -0.1) is 0 Å². The van der Waals surface area contributed by atoms with Gasteiger partial charge in [0.25, 0.3) is 0 Å². The minimum atomic E-state index is -0.152. The quantitative estimate of drug-likeness (QED) is 0.568. The lowest BCUT2D eigenvalue weighted by Gasteiger charge is -2.24. The van der Waals surface area contributed by atoms with Gasteiger partial charge in [0.05, 0.1) is 4.83 Å². The summed E-state index contributed by atoms with van der Waals surface area (Å²) in [6.45, 7) is 8.49. The summed E-state index contributed by atoms with van der Waals surface area (Å²) in [5.41, 5.74) is 4.30. The van der Waals surface area contributed by atoms with E-state index in [4.69, 9.17) is 0 Å². The van der Waals surface area contributed by atoms with E-state index in [0.29, 0.717) is 5.56 Å². The highest BCUT2D eigenvalue weighted by atomic mass is 79.9. The van der Waals surface area contributed by atoms with Crippen LogP contribution >= 0.6 is 15.9 Å². The van der Waals surface area contributed by atoms with Crippen LogP contribution in [-0.4, -0.2) is 0 Å². The summed E-state index contributed by atoms with van der Waals surface area (Å²) in [6.07, 6.45) is 1.10. The Hall–Kier alpha value is -1.15. The van der Waals surface area contributed by atoms with Gasteiger partial charge in [-0.2, -0.15) is 0 Å². The minimum absolute atomic E-state index is 0.0198. The van der Waals surface area contributed by atoms with Crippen LogP contribution in [0.1, 0.15) is 54.3 Å². The molecule has 0 saturated heterocycles. The Morgan fingerprint density at radius 1 is 1.05 bits per heavy atom. The molecule has 2 aromatic rings. The molecule has 0 fully saturated rings. The molecule has 0 bridgehead atoms. The van der Waals surface area contributed by atoms with Crippen molar-refractivity contribution in [1.82, 2.24) is 0 Å². The van der Waals surface area contributed by atoms with Gasteiger partial charge in [-0.3, -0.25) is 0 Å². The predicted molar refractivity (Wildman–Crippen MR) is 91.7 cm³/mol. The van der Waals surface area contributed by atoms with Crippen LogP contribution in [0, 0.1) is 12.7 Å². The largest absolute Gasteiger partial charge is 0.207 e. The van der Waals surface area contributed by atoms with Gasteiger partial charge in [-0.05, 0) is 47.1 Å². The first kappa shape index (κ1) is 16.2. The highest BCUT2D eigenvalue weighted by Gasteiger charge is 2.18. The van der Waals surface area contributed by atoms with E-state index in [1.54, 1.807) is 13.0 Å². The van der Waals surface area contributed by atoms with Crippen molar-refractivity contribution in [2.45, 2.75) is 44.4 Å². The van der Waals surface area contributed by atoms with Gasteiger partial charge >= 0.3 is 0 Å². The molecule has 21 heavy (non-hydrogen) atoms.